The van der Waals surface area contributed by atoms with Gasteiger partial charge >= 0.3 is 0 Å². The number of benzene rings is 1. The van der Waals surface area contributed by atoms with E-state index in [1.807, 2.05) is 6.07 Å². The summed E-state index contributed by atoms with van der Waals surface area (Å²) in [6.07, 6.45) is 3.89. The van der Waals surface area contributed by atoms with Crippen molar-refractivity contribution < 1.29 is 9.47 Å². The van der Waals surface area contributed by atoms with Gasteiger partial charge in [0.05, 0.1) is 0 Å². The summed E-state index contributed by atoms with van der Waals surface area (Å²) in [5, 5.41) is 3.66. The van der Waals surface area contributed by atoms with Crippen LogP contribution in [0.5, 0.6) is 11.5 Å². The van der Waals surface area contributed by atoms with Crippen LogP contribution in [0.15, 0.2) is 18.2 Å². The Morgan fingerprint density at radius 3 is 2.37 bits per heavy atom. The van der Waals surface area contributed by atoms with Gasteiger partial charge in [0.25, 0.3) is 0 Å². The van der Waals surface area contributed by atoms with Crippen molar-refractivity contribution in [1.29, 1.82) is 0 Å². The minimum atomic E-state index is 0.585. The Morgan fingerprint density at radius 1 is 0.947 bits per heavy atom. The second-order valence-corrected chi connectivity index (χ2v) is 6.12. The molecule has 0 spiro atoms. The molecule has 2 unspecified atom stereocenters. The van der Waals surface area contributed by atoms with Crippen molar-refractivity contribution in [2.75, 3.05) is 18.5 Å². The average Bonchev–Trinajstić information content (AvgIpc) is 2.37. The van der Waals surface area contributed by atoms with E-state index in [1.165, 1.54) is 19.3 Å². The smallest absolute Gasteiger partial charge is 0.163 e. The minimum absolute atomic E-state index is 0.585. The van der Waals surface area contributed by atoms with Crippen molar-refractivity contribution in [1.82, 2.24) is 0 Å². The summed E-state index contributed by atoms with van der Waals surface area (Å²) in [5.41, 5.74) is 1.15. The van der Waals surface area contributed by atoms with Crippen LogP contribution in [-0.4, -0.2) is 19.3 Å². The van der Waals surface area contributed by atoms with E-state index in [0.717, 1.165) is 29.0 Å². The van der Waals surface area contributed by atoms with E-state index in [4.69, 9.17) is 9.47 Å². The van der Waals surface area contributed by atoms with Crippen LogP contribution in [0.2, 0.25) is 0 Å². The Labute approximate surface area is 115 Å². The van der Waals surface area contributed by atoms with Crippen molar-refractivity contribution >= 4 is 5.69 Å². The first-order chi connectivity index (χ1) is 9.20. The van der Waals surface area contributed by atoms with Crippen molar-refractivity contribution in [2.24, 2.45) is 11.8 Å². The van der Waals surface area contributed by atoms with Gasteiger partial charge in [-0.1, -0.05) is 13.8 Å². The van der Waals surface area contributed by atoms with Gasteiger partial charge in [-0.25, -0.2) is 0 Å². The number of hydrogen-bond acceptors (Lipinski definition) is 3. The second-order valence-electron chi connectivity index (χ2n) is 6.12. The van der Waals surface area contributed by atoms with Crippen LogP contribution in [0, 0.1) is 11.8 Å². The van der Waals surface area contributed by atoms with Gasteiger partial charge in [0.2, 0.25) is 0 Å². The molecule has 1 saturated carbocycles. The number of fused-ring (bicyclic) bond motifs is 1. The Balaban J connectivity index is 1.69. The molecule has 0 bridgehead atoms. The quantitative estimate of drug-likeness (QED) is 0.880. The van der Waals surface area contributed by atoms with Crippen LogP contribution in [0.25, 0.3) is 0 Å². The van der Waals surface area contributed by atoms with Gasteiger partial charge in [-0.15, -0.1) is 0 Å². The molecular formula is C16H23NO2. The predicted octanol–water partition coefficient (Wildman–Crippen LogP) is 3.69. The molecule has 1 aromatic rings. The van der Waals surface area contributed by atoms with Crippen LogP contribution < -0.4 is 14.8 Å². The third-order valence-corrected chi connectivity index (χ3v) is 4.09. The first-order valence-corrected chi connectivity index (χ1v) is 7.37. The Bertz CT molecular complexity index is 436. The molecular weight excluding hydrogens is 238 g/mol. The maximum absolute atomic E-state index is 5.63. The average molecular weight is 261 g/mol. The maximum Gasteiger partial charge on any atom is 0.163 e. The summed E-state index contributed by atoms with van der Waals surface area (Å²) in [6, 6.07) is 6.75. The highest BCUT2D eigenvalue weighted by Crippen LogP contribution is 2.35. The first kappa shape index (κ1) is 12.6. The highest BCUT2D eigenvalue weighted by Gasteiger charge is 2.24. The number of rotatable bonds is 2. The van der Waals surface area contributed by atoms with Crippen molar-refractivity contribution in [2.45, 2.75) is 39.2 Å². The molecule has 1 N–H and O–H groups in total. The minimum Gasteiger partial charge on any atom is -0.486 e. The molecule has 0 radical (unpaired) electrons. The number of ether oxygens (including phenoxy) is 2. The number of nitrogens with one attached hydrogen (secondary N) is 1. The number of hydrogen-bond donors (Lipinski definition) is 1. The van der Waals surface area contributed by atoms with Crippen LogP contribution in [0.1, 0.15) is 33.1 Å². The molecule has 2 atom stereocenters. The summed E-state index contributed by atoms with van der Waals surface area (Å²) in [6.45, 7) is 6.01. The van der Waals surface area contributed by atoms with Gasteiger partial charge in [-0.05, 0) is 43.2 Å². The van der Waals surface area contributed by atoms with E-state index in [-0.39, 0.29) is 0 Å². The number of anilines is 1. The molecule has 1 aliphatic heterocycles. The van der Waals surface area contributed by atoms with Crippen LogP contribution in [0.4, 0.5) is 5.69 Å². The maximum atomic E-state index is 5.63. The highest BCUT2D eigenvalue weighted by molar-refractivity contribution is 5.55. The zero-order valence-electron chi connectivity index (χ0n) is 11.8. The molecule has 3 heteroatoms. The second kappa shape index (κ2) is 5.32. The molecule has 1 fully saturated rings. The van der Waals surface area contributed by atoms with Gasteiger partial charge < -0.3 is 14.8 Å². The van der Waals surface area contributed by atoms with Gasteiger partial charge in [0, 0.05) is 17.8 Å². The molecule has 0 aromatic heterocycles. The molecule has 3 nitrogen and oxygen atoms in total. The molecule has 104 valence electrons. The SMILES string of the molecule is CC1CC(C)CC(Nc2ccc3c(c2)OCCO3)C1. The third-order valence-electron chi connectivity index (χ3n) is 4.09. The van der Waals surface area contributed by atoms with Gasteiger partial charge in [-0.3, -0.25) is 0 Å². The molecule has 2 aliphatic rings. The standard InChI is InChI=1S/C16H23NO2/c1-11-7-12(2)9-14(8-11)17-13-3-4-15-16(10-13)19-6-5-18-15/h3-4,10-12,14,17H,5-9H2,1-2H3. The summed E-state index contributed by atoms with van der Waals surface area (Å²) in [5.74, 6) is 3.37. The Kier molecular flexibility index (Phi) is 3.54. The van der Waals surface area contributed by atoms with E-state index < -0.39 is 0 Å². The van der Waals surface area contributed by atoms with Crippen molar-refractivity contribution in [3.63, 3.8) is 0 Å². The van der Waals surface area contributed by atoms with Crippen LogP contribution in [-0.2, 0) is 0 Å². The van der Waals surface area contributed by atoms with E-state index in [9.17, 15) is 0 Å². The summed E-state index contributed by atoms with van der Waals surface area (Å²) < 4.78 is 11.2. The van der Waals surface area contributed by atoms with E-state index >= 15 is 0 Å². The lowest BCUT2D eigenvalue weighted by atomic mass is 9.80. The van der Waals surface area contributed by atoms with E-state index in [1.54, 1.807) is 0 Å². The monoisotopic (exact) mass is 261 g/mol. The molecule has 1 aliphatic carbocycles. The fourth-order valence-electron chi connectivity index (χ4n) is 3.43. The highest BCUT2D eigenvalue weighted by atomic mass is 16.6. The van der Waals surface area contributed by atoms with Crippen molar-refractivity contribution in [3.8, 4) is 11.5 Å². The van der Waals surface area contributed by atoms with Crippen LogP contribution >= 0.6 is 0 Å². The predicted molar refractivity (Wildman–Crippen MR) is 77.0 cm³/mol. The molecule has 0 amide bonds. The first-order valence-electron chi connectivity index (χ1n) is 7.37. The van der Waals surface area contributed by atoms with Gasteiger partial charge in [0.15, 0.2) is 11.5 Å². The molecule has 19 heavy (non-hydrogen) atoms. The summed E-state index contributed by atoms with van der Waals surface area (Å²) in [7, 11) is 0. The van der Waals surface area contributed by atoms with Crippen LogP contribution in [0.3, 0.4) is 0 Å². The largest absolute Gasteiger partial charge is 0.486 e. The Hall–Kier alpha value is -1.38. The zero-order chi connectivity index (χ0) is 13.2. The van der Waals surface area contributed by atoms with Gasteiger partial charge in [-0.2, -0.15) is 0 Å². The van der Waals surface area contributed by atoms with E-state index in [2.05, 4.69) is 31.3 Å². The molecule has 1 aromatic carbocycles. The van der Waals surface area contributed by atoms with Gasteiger partial charge in [0.1, 0.15) is 13.2 Å². The van der Waals surface area contributed by atoms with Crippen molar-refractivity contribution in [3.05, 3.63) is 18.2 Å². The fourth-order valence-corrected chi connectivity index (χ4v) is 3.43. The zero-order valence-corrected chi connectivity index (χ0v) is 11.8. The summed E-state index contributed by atoms with van der Waals surface area (Å²) >= 11 is 0. The lowest BCUT2D eigenvalue weighted by Gasteiger charge is -2.32. The summed E-state index contributed by atoms with van der Waals surface area (Å²) in [4.78, 5) is 0. The third kappa shape index (κ3) is 2.96. The molecule has 1 heterocycles. The Morgan fingerprint density at radius 2 is 1.63 bits per heavy atom. The topological polar surface area (TPSA) is 30.5 Å². The molecule has 0 saturated heterocycles. The van der Waals surface area contributed by atoms with E-state index in [0.29, 0.717) is 19.3 Å². The normalized spacial score (nSPS) is 29.9. The lowest BCUT2D eigenvalue weighted by Crippen LogP contribution is -2.30. The molecule has 3 rings (SSSR count). The fraction of sp³-hybridized carbons (Fsp3) is 0.625. The lowest BCUT2D eigenvalue weighted by molar-refractivity contribution is 0.171.